The minimum atomic E-state index is -0.537. The van der Waals surface area contributed by atoms with E-state index >= 15 is 0 Å². The average molecular weight is 374 g/mol. The molecule has 102 valence electrons. The molecule has 0 saturated heterocycles. The van der Waals surface area contributed by atoms with E-state index in [2.05, 4.69) is 38.0 Å². The van der Waals surface area contributed by atoms with Crippen LogP contribution in [0.5, 0.6) is 0 Å². The van der Waals surface area contributed by atoms with Gasteiger partial charge in [-0.2, -0.15) is 5.10 Å². The van der Waals surface area contributed by atoms with Crippen molar-refractivity contribution in [3.8, 4) is 0 Å². The number of nitrogens with one attached hydrogen (secondary N) is 1. The molecule has 2 aromatic rings. The number of carbonyl (C=O) groups excluding carboxylic acids is 1. The number of hydrogen-bond acceptors (Lipinski definition) is 4. The van der Waals surface area contributed by atoms with E-state index in [0.29, 0.717) is 11.5 Å². The fraction of sp³-hybridized carbons (Fsp3) is 0.417. The standard InChI is InChI=1S/C12H15IN4O2/c1-7-10(15-11(18)19-12(2,3)4)14-9-6-5-8(13)16-17(7)9/h5-6H,1-4H3,(H,15,18). The fourth-order valence-electron chi connectivity index (χ4n) is 1.54. The van der Waals surface area contributed by atoms with Gasteiger partial charge in [-0.15, -0.1) is 0 Å². The van der Waals surface area contributed by atoms with Gasteiger partial charge in [-0.25, -0.2) is 14.3 Å². The van der Waals surface area contributed by atoms with Crippen LogP contribution < -0.4 is 5.32 Å². The second-order valence-electron chi connectivity index (χ2n) is 5.10. The number of hydrogen-bond donors (Lipinski definition) is 1. The van der Waals surface area contributed by atoms with Gasteiger partial charge >= 0.3 is 6.09 Å². The minimum Gasteiger partial charge on any atom is -0.444 e. The Balaban J connectivity index is 2.26. The van der Waals surface area contributed by atoms with Gasteiger partial charge in [-0.05, 0) is 62.4 Å². The third kappa shape index (κ3) is 3.34. The molecule has 7 heteroatoms. The van der Waals surface area contributed by atoms with Gasteiger partial charge in [0, 0.05) is 0 Å². The van der Waals surface area contributed by atoms with Crippen LogP contribution in [0.4, 0.5) is 10.6 Å². The van der Waals surface area contributed by atoms with E-state index in [1.165, 1.54) is 0 Å². The van der Waals surface area contributed by atoms with Crippen molar-refractivity contribution in [1.82, 2.24) is 14.6 Å². The quantitative estimate of drug-likeness (QED) is 0.780. The molecule has 0 aliphatic heterocycles. The van der Waals surface area contributed by atoms with E-state index in [9.17, 15) is 4.79 Å². The summed E-state index contributed by atoms with van der Waals surface area (Å²) in [6.07, 6.45) is -0.520. The van der Waals surface area contributed by atoms with Crippen molar-refractivity contribution in [1.29, 1.82) is 0 Å². The largest absolute Gasteiger partial charge is 0.444 e. The summed E-state index contributed by atoms with van der Waals surface area (Å²) >= 11 is 2.13. The zero-order valence-electron chi connectivity index (χ0n) is 11.2. The van der Waals surface area contributed by atoms with Gasteiger partial charge in [0.2, 0.25) is 0 Å². The van der Waals surface area contributed by atoms with E-state index in [4.69, 9.17) is 4.74 Å². The summed E-state index contributed by atoms with van der Waals surface area (Å²) < 4.78 is 7.74. The van der Waals surface area contributed by atoms with Crippen molar-refractivity contribution >= 4 is 40.1 Å². The number of anilines is 1. The SMILES string of the molecule is Cc1c(NC(=O)OC(C)(C)C)nc2ccc(I)nn12. The molecule has 0 spiro atoms. The number of carbonyl (C=O) groups is 1. The third-order valence-electron chi connectivity index (χ3n) is 2.29. The van der Waals surface area contributed by atoms with Gasteiger partial charge in [-0.3, -0.25) is 5.32 Å². The van der Waals surface area contributed by atoms with Crippen LogP contribution in [0, 0.1) is 10.6 Å². The molecule has 0 atom stereocenters. The number of ether oxygens (including phenoxy) is 1. The van der Waals surface area contributed by atoms with Crippen LogP contribution in [0.15, 0.2) is 12.1 Å². The number of halogens is 1. The molecule has 0 aliphatic rings. The summed E-state index contributed by atoms with van der Waals surface area (Å²) in [6.45, 7) is 7.28. The van der Waals surface area contributed by atoms with Gasteiger partial charge in [0.15, 0.2) is 11.5 Å². The molecule has 0 unspecified atom stereocenters. The molecule has 0 aromatic carbocycles. The van der Waals surface area contributed by atoms with Crippen LogP contribution in [-0.2, 0) is 4.74 Å². The Bertz CT molecular complexity index is 630. The van der Waals surface area contributed by atoms with Crippen LogP contribution >= 0.6 is 22.6 Å². The van der Waals surface area contributed by atoms with Gasteiger partial charge < -0.3 is 4.74 Å². The minimum absolute atomic E-state index is 0.462. The number of aryl methyl sites for hydroxylation is 1. The molecule has 0 aliphatic carbocycles. The van der Waals surface area contributed by atoms with Crippen molar-refractivity contribution in [2.75, 3.05) is 5.32 Å². The van der Waals surface area contributed by atoms with Crippen LogP contribution in [0.3, 0.4) is 0 Å². The molecule has 1 N–H and O–H groups in total. The highest BCUT2D eigenvalue weighted by Crippen LogP contribution is 2.17. The molecule has 0 fully saturated rings. The van der Waals surface area contributed by atoms with Gasteiger partial charge in [0.25, 0.3) is 0 Å². The summed E-state index contributed by atoms with van der Waals surface area (Å²) in [5.41, 5.74) is 0.911. The van der Waals surface area contributed by atoms with Crippen molar-refractivity contribution in [2.24, 2.45) is 0 Å². The highest BCUT2D eigenvalue weighted by molar-refractivity contribution is 14.1. The molecular weight excluding hydrogens is 359 g/mol. The molecule has 0 saturated carbocycles. The lowest BCUT2D eigenvalue weighted by Crippen LogP contribution is -2.27. The lowest BCUT2D eigenvalue weighted by molar-refractivity contribution is 0.0635. The highest BCUT2D eigenvalue weighted by Gasteiger charge is 2.18. The second-order valence-corrected chi connectivity index (χ2v) is 6.20. The maximum Gasteiger partial charge on any atom is 0.413 e. The Morgan fingerprint density at radius 2 is 2.11 bits per heavy atom. The molecule has 1 amide bonds. The summed E-state index contributed by atoms with van der Waals surface area (Å²) in [5.74, 6) is 0.462. The van der Waals surface area contributed by atoms with Crippen molar-refractivity contribution in [3.63, 3.8) is 0 Å². The first-order valence-electron chi connectivity index (χ1n) is 5.78. The Hall–Kier alpha value is -1.38. The first-order valence-corrected chi connectivity index (χ1v) is 6.86. The predicted molar refractivity (Wildman–Crippen MR) is 80.3 cm³/mol. The third-order valence-corrected chi connectivity index (χ3v) is 2.86. The van der Waals surface area contributed by atoms with E-state index in [0.717, 1.165) is 9.39 Å². The topological polar surface area (TPSA) is 68.5 Å². The summed E-state index contributed by atoms with van der Waals surface area (Å²) in [6, 6.07) is 3.71. The van der Waals surface area contributed by atoms with E-state index < -0.39 is 11.7 Å². The molecule has 2 aromatic heterocycles. The predicted octanol–water partition coefficient (Wildman–Crippen LogP) is 2.99. The Morgan fingerprint density at radius 3 is 2.74 bits per heavy atom. The van der Waals surface area contributed by atoms with Crippen LogP contribution in [0.25, 0.3) is 5.65 Å². The smallest absolute Gasteiger partial charge is 0.413 e. The first-order chi connectivity index (χ1) is 8.76. The summed E-state index contributed by atoms with van der Waals surface area (Å²) in [7, 11) is 0. The zero-order chi connectivity index (χ0) is 14.2. The average Bonchev–Trinajstić information content (AvgIpc) is 2.54. The fourth-order valence-corrected chi connectivity index (χ4v) is 1.94. The molecule has 2 rings (SSSR count). The first kappa shape index (κ1) is 14.0. The van der Waals surface area contributed by atoms with Crippen molar-refractivity contribution in [2.45, 2.75) is 33.3 Å². The Kier molecular flexibility index (Phi) is 3.66. The molecule has 19 heavy (non-hydrogen) atoms. The maximum atomic E-state index is 11.7. The van der Waals surface area contributed by atoms with Gasteiger partial charge in [-0.1, -0.05) is 0 Å². The van der Waals surface area contributed by atoms with Gasteiger partial charge in [0.05, 0.1) is 5.69 Å². The monoisotopic (exact) mass is 374 g/mol. The number of imidazole rings is 1. The number of amides is 1. The molecule has 6 nitrogen and oxygen atoms in total. The Labute approximate surface area is 124 Å². The molecule has 2 heterocycles. The van der Waals surface area contributed by atoms with Crippen molar-refractivity contribution < 1.29 is 9.53 Å². The normalized spacial score (nSPS) is 11.6. The van der Waals surface area contributed by atoms with Crippen molar-refractivity contribution in [3.05, 3.63) is 21.5 Å². The van der Waals surface area contributed by atoms with Crippen LogP contribution in [0.1, 0.15) is 26.5 Å². The van der Waals surface area contributed by atoms with Crippen LogP contribution in [0.2, 0.25) is 0 Å². The van der Waals surface area contributed by atoms with E-state index in [1.54, 1.807) is 4.52 Å². The van der Waals surface area contributed by atoms with E-state index in [-0.39, 0.29) is 0 Å². The molecule has 0 bridgehead atoms. The number of aromatic nitrogens is 3. The summed E-state index contributed by atoms with van der Waals surface area (Å²) in [4.78, 5) is 16.0. The number of nitrogens with zero attached hydrogens (tertiary/aromatic N) is 3. The summed E-state index contributed by atoms with van der Waals surface area (Å²) in [5, 5.41) is 6.97. The maximum absolute atomic E-state index is 11.7. The van der Waals surface area contributed by atoms with E-state index in [1.807, 2.05) is 39.8 Å². The van der Waals surface area contributed by atoms with Crippen LogP contribution in [-0.4, -0.2) is 26.3 Å². The molecule has 0 radical (unpaired) electrons. The second kappa shape index (κ2) is 4.95. The highest BCUT2D eigenvalue weighted by atomic mass is 127. The lowest BCUT2D eigenvalue weighted by Gasteiger charge is -2.19. The van der Waals surface area contributed by atoms with Gasteiger partial charge in [0.1, 0.15) is 9.30 Å². The molecular formula is C12H15IN4O2. The Morgan fingerprint density at radius 1 is 1.42 bits per heavy atom. The number of fused-ring (bicyclic) bond motifs is 1. The lowest BCUT2D eigenvalue weighted by atomic mass is 10.2. The number of rotatable bonds is 1. The zero-order valence-corrected chi connectivity index (χ0v) is 13.3.